The van der Waals surface area contributed by atoms with E-state index in [1.807, 2.05) is 30.3 Å². The summed E-state index contributed by atoms with van der Waals surface area (Å²) in [5.41, 5.74) is 0.984. The van der Waals surface area contributed by atoms with Gasteiger partial charge in [0.2, 0.25) is 5.91 Å². The van der Waals surface area contributed by atoms with Gasteiger partial charge in [-0.1, -0.05) is 35.9 Å². The van der Waals surface area contributed by atoms with E-state index in [0.29, 0.717) is 42.7 Å². The Bertz CT molecular complexity index is 750. The second-order valence-corrected chi connectivity index (χ2v) is 6.14. The molecule has 132 valence electrons. The molecule has 25 heavy (non-hydrogen) atoms. The molecule has 0 fully saturated rings. The number of hydrogen-bond acceptors (Lipinski definition) is 4. The molecule has 0 saturated heterocycles. The van der Waals surface area contributed by atoms with Crippen molar-refractivity contribution in [1.82, 2.24) is 5.32 Å². The normalized spacial score (nSPS) is 15.7. The first-order valence-electron chi connectivity index (χ1n) is 8.12. The summed E-state index contributed by atoms with van der Waals surface area (Å²) in [6.45, 7) is 1.10. The fourth-order valence-corrected chi connectivity index (χ4v) is 2.95. The Morgan fingerprint density at radius 1 is 1.24 bits per heavy atom. The molecule has 0 aromatic heterocycles. The molecule has 1 amide bonds. The summed E-state index contributed by atoms with van der Waals surface area (Å²) in [6.07, 6.45) is 0.629. The summed E-state index contributed by atoms with van der Waals surface area (Å²) in [5, 5.41) is 3.44. The molecule has 0 saturated carbocycles. The van der Waals surface area contributed by atoms with E-state index in [1.54, 1.807) is 19.2 Å². The van der Waals surface area contributed by atoms with Gasteiger partial charge in [0.15, 0.2) is 11.5 Å². The van der Waals surface area contributed by atoms with E-state index in [2.05, 4.69) is 5.32 Å². The third-order valence-corrected chi connectivity index (χ3v) is 4.35. The standard InChI is InChI=1S/C19H20ClNO4/c1-23-17-8-4-5-13-11-14(12-25-18(13)17)19(22)21-9-10-24-16-7-3-2-6-15(16)20/h2-8,14H,9-12H2,1H3,(H,21,22)/t14-/m1/s1. The maximum absolute atomic E-state index is 12.3. The van der Waals surface area contributed by atoms with Gasteiger partial charge < -0.3 is 19.5 Å². The van der Waals surface area contributed by atoms with E-state index in [4.69, 9.17) is 25.8 Å². The lowest BCUT2D eigenvalue weighted by Crippen LogP contribution is -2.39. The average molecular weight is 362 g/mol. The molecule has 1 atom stereocenters. The molecule has 0 radical (unpaired) electrons. The molecule has 0 unspecified atom stereocenters. The zero-order valence-corrected chi connectivity index (χ0v) is 14.7. The van der Waals surface area contributed by atoms with Crippen molar-refractivity contribution in [3.05, 3.63) is 53.1 Å². The summed E-state index contributed by atoms with van der Waals surface area (Å²) in [4.78, 5) is 12.3. The largest absolute Gasteiger partial charge is 0.493 e. The molecule has 0 aliphatic carbocycles. The van der Waals surface area contributed by atoms with E-state index in [9.17, 15) is 4.79 Å². The number of para-hydroxylation sites is 2. The molecule has 1 aliphatic rings. The van der Waals surface area contributed by atoms with Crippen LogP contribution in [0.15, 0.2) is 42.5 Å². The van der Waals surface area contributed by atoms with Crippen LogP contribution in [0, 0.1) is 5.92 Å². The Morgan fingerprint density at radius 3 is 2.84 bits per heavy atom. The minimum Gasteiger partial charge on any atom is -0.493 e. The minimum absolute atomic E-state index is 0.0452. The van der Waals surface area contributed by atoms with Crippen LogP contribution in [0.2, 0.25) is 5.02 Å². The lowest BCUT2D eigenvalue weighted by Gasteiger charge is -2.25. The number of benzene rings is 2. The molecule has 2 aromatic carbocycles. The Hall–Kier alpha value is -2.40. The SMILES string of the molecule is COc1cccc2c1OC[C@H](C(=O)NCCOc1ccccc1Cl)C2. The van der Waals surface area contributed by atoms with Crippen LogP contribution in [0.5, 0.6) is 17.2 Å². The van der Waals surface area contributed by atoms with Crippen LogP contribution < -0.4 is 19.5 Å². The maximum Gasteiger partial charge on any atom is 0.227 e. The van der Waals surface area contributed by atoms with Gasteiger partial charge in [0.1, 0.15) is 19.0 Å². The molecule has 6 heteroatoms. The predicted octanol–water partition coefficient (Wildman–Crippen LogP) is 3.09. The smallest absolute Gasteiger partial charge is 0.227 e. The topological polar surface area (TPSA) is 56.8 Å². The number of hydrogen-bond donors (Lipinski definition) is 1. The van der Waals surface area contributed by atoms with Crippen LogP contribution in [0.25, 0.3) is 0 Å². The monoisotopic (exact) mass is 361 g/mol. The van der Waals surface area contributed by atoms with Crippen molar-refractivity contribution < 1.29 is 19.0 Å². The molecule has 1 N–H and O–H groups in total. The fraction of sp³-hybridized carbons (Fsp3) is 0.316. The molecule has 1 heterocycles. The van der Waals surface area contributed by atoms with Crippen molar-refractivity contribution >= 4 is 17.5 Å². The first kappa shape index (κ1) is 17.4. The molecule has 5 nitrogen and oxygen atoms in total. The zero-order valence-electron chi connectivity index (χ0n) is 14.0. The molecular formula is C19H20ClNO4. The van der Waals surface area contributed by atoms with Gasteiger partial charge in [-0.25, -0.2) is 0 Å². The molecule has 2 aromatic rings. The van der Waals surface area contributed by atoms with Crippen molar-refractivity contribution in [2.75, 3.05) is 26.9 Å². The van der Waals surface area contributed by atoms with Gasteiger partial charge in [0.05, 0.1) is 24.6 Å². The summed E-state index contributed by atoms with van der Waals surface area (Å²) in [6, 6.07) is 13.0. The summed E-state index contributed by atoms with van der Waals surface area (Å²) in [5.74, 6) is 1.78. The molecule has 1 aliphatic heterocycles. The molecular weight excluding hydrogens is 342 g/mol. The van der Waals surface area contributed by atoms with Crippen molar-refractivity contribution in [1.29, 1.82) is 0 Å². The van der Waals surface area contributed by atoms with Gasteiger partial charge in [-0.15, -0.1) is 0 Å². The fourth-order valence-electron chi connectivity index (χ4n) is 2.76. The maximum atomic E-state index is 12.3. The van der Waals surface area contributed by atoms with Gasteiger partial charge in [0, 0.05) is 0 Å². The van der Waals surface area contributed by atoms with Crippen LogP contribution in [-0.2, 0) is 11.2 Å². The molecule has 0 bridgehead atoms. The van der Waals surface area contributed by atoms with Crippen molar-refractivity contribution in [2.45, 2.75) is 6.42 Å². The summed E-state index contributed by atoms with van der Waals surface area (Å²) < 4.78 is 16.6. The minimum atomic E-state index is -0.222. The number of carbonyl (C=O) groups excluding carboxylic acids is 1. The summed E-state index contributed by atoms with van der Waals surface area (Å²) >= 11 is 6.02. The van der Waals surface area contributed by atoms with Gasteiger partial charge in [-0.05, 0) is 30.2 Å². The van der Waals surface area contributed by atoms with Crippen molar-refractivity contribution in [3.8, 4) is 17.2 Å². The quantitative estimate of drug-likeness (QED) is 0.803. The first-order valence-corrected chi connectivity index (χ1v) is 8.50. The van der Waals surface area contributed by atoms with E-state index in [1.165, 1.54) is 0 Å². The lowest BCUT2D eigenvalue weighted by molar-refractivity contribution is -0.126. The Morgan fingerprint density at radius 2 is 2.04 bits per heavy atom. The zero-order chi connectivity index (χ0) is 17.6. The van der Waals surface area contributed by atoms with Crippen LogP contribution >= 0.6 is 11.6 Å². The van der Waals surface area contributed by atoms with Gasteiger partial charge in [-0.3, -0.25) is 4.79 Å². The number of nitrogens with one attached hydrogen (secondary N) is 1. The number of methoxy groups -OCH3 is 1. The number of ether oxygens (including phenoxy) is 3. The number of amides is 1. The highest BCUT2D eigenvalue weighted by Crippen LogP contribution is 2.36. The van der Waals surface area contributed by atoms with Crippen molar-refractivity contribution in [3.63, 3.8) is 0 Å². The average Bonchev–Trinajstić information content (AvgIpc) is 2.65. The highest BCUT2D eigenvalue weighted by molar-refractivity contribution is 6.32. The van der Waals surface area contributed by atoms with E-state index in [0.717, 1.165) is 11.3 Å². The number of halogens is 1. The third-order valence-electron chi connectivity index (χ3n) is 4.04. The van der Waals surface area contributed by atoms with Crippen LogP contribution in [0.4, 0.5) is 0 Å². The first-order chi connectivity index (χ1) is 12.2. The van der Waals surface area contributed by atoms with Crippen LogP contribution in [0.1, 0.15) is 5.56 Å². The van der Waals surface area contributed by atoms with Gasteiger partial charge >= 0.3 is 0 Å². The number of rotatable bonds is 6. The second kappa shape index (κ2) is 8.12. The van der Waals surface area contributed by atoms with E-state index in [-0.39, 0.29) is 11.8 Å². The molecule has 0 spiro atoms. The Kier molecular flexibility index (Phi) is 5.66. The van der Waals surface area contributed by atoms with Crippen LogP contribution in [-0.4, -0.2) is 32.8 Å². The Labute approximate surface area is 151 Å². The summed E-state index contributed by atoms with van der Waals surface area (Å²) in [7, 11) is 1.61. The second-order valence-electron chi connectivity index (χ2n) is 5.73. The van der Waals surface area contributed by atoms with Gasteiger partial charge in [-0.2, -0.15) is 0 Å². The van der Waals surface area contributed by atoms with Crippen LogP contribution in [0.3, 0.4) is 0 Å². The third kappa shape index (κ3) is 4.17. The number of carbonyl (C=O) groups is 1. The lowest BCUT2D eigenvalue weighted by atomic mass is 9.95. The predicted molar refractivity (Wildman–Crippen MR) is 95.6 cm³/mol. The highest BCUT2D eigenvalue weighted by Gasteiger charge is 2.27. The van der Waals surface area contributed by atoms with Gasteiger partial charge in [0.25, 0.3) is 0 Å². The van der Waals surface area contributed by atoms with E-state index < -0.39 is 0 Å². The highest BCUT2D eigenvalue weighted by atomic mass is 35.5. The molecule has 3 rings (SSSR count). The number of fused-ring (bicyclic) bond motifs is 1. The Balaban J connectivity index is 1.48. The van der Waals surface area contributed by atoms with Crippen molar-refractivity contribution in [2.24, 2.45) is 5.92 Å². The van der Waals surface area contributed by atoms with E-state index >= 15 is 0 Å².